The number of amides is 2. The van der Waals surface area contributed by atoms with E-state index < -0.39 is 40.2 Å². The summed E-state index contributed by atoms with van der Waals surface area (Å²) in [7, 11) is 0. The lowest BCUT2D eigenvalue weighted by Gasteiger charge is -2.43. The predicted octanol–water partition coefficient (Wildman–Crippen LogP) is 2.44. The van der Waals surface area contributed by atoms with Crippen molar-refractivity contribution >= 4 is 29.5 Å². The average molecular weight is 426 g/mol. The van der Waals surface area contributed by atoms with Crippen LogP contribution in [0.3, 0.4) is 0 Å². The molecule has 2 fully saturated rings. The number of benzene rings is 2. The minimum atomic E-state index is -1.04. The van der Waals surface area contributed by atoms with Crippen LogP contribution in [-0.4, -0.2) is 50.0 Å². The van der Waals surface area contributed by atoms with Crippen LogP contribution in [0.4, 0.5) is 0 Å². The van der Waals surface area contributed by atoms with E-state index in [0.717, 1.165) is 0 Å². The Morgan fingerprint density at radius 1 is 1.10 bits per heavy atom. The van der Waals surface area contributed by atoms with Gasteiger partial charge in [0.25, 0.3) is 5.91 Å². The quantitative estimate of drug-likeness (QED) is 0.689. The minimum Gasteiger partial charge on any atom is -0.480 e. The number of rotatable bonds is 6. The van der Waals surface area contributed by atoms with Gasteiger partial charge in [0.15, 0.2) is 0 Å². The van der Waals surface area contributed by atoms with E-state index in [4.69, 9.17) is 4.74 Å². The third kappa shape index (κ3) is 3.52. The van der Waals surface area contributed by atoms with Gasteiger partial charge in [-0.2, -0.15) is 0 Å². The van der Waals surface area contributed by atoms with Gasteiger partial charge in [-0.1, -0.05) is 48.5 Å². The number of nitrogens with zero attached hydrogens (tertiary/aromatic N) is 1. The Labute approximate surface area is 178 Å². The second-order valence-corrected chi connectivity index (χ2v) is 9.58. The number of β-lactam (4-membered cyclic amide) rings is 1. The molecule has 4 rings (SSSR count). The van der Waals surface area contributed by atoms with Gasteiger partial charge in [-0.15, -0.1) is 11.8 Å². The number of carbonyl (C=O) groups excluding carboxylic acids is 2. The number of hydrogen-bond donors (Lipinski definition) is 2. The van der Waals surface area contributed by atoms with Crippen LogP contribution < -0.4 is 10.1 Å². The number of hydrogen-bond acceptors (Lipinski definition) is 5. The van der Waals surface area contributed by atoms with Crippen molar-refractivity contribution in [2.24, 2.45) is 0 Å². The highest BCUT2D eigenvalue weighted by Gasteiger charge is 2.64. The molecular formula is C22H22N2O5S. The van der Waals surface area contributed by atoms with Gasteiger partial charge in [0.05, 0.1) is 0 Å². The molecule has 0 radical (unpaired) electrons. The molecule has 2 aromatic carbocycles. The van der Waals surface area contributed by atoms with Gasteiger partial charge >= 0.3 is 5.97 Å². The maximum atomic E-state index is 13.1. The van der Waals surface area contributed by atoms with Crippen molar-refractivity contribution < 1.29 is 24.2 Å². The predicted molar refractivity (Wildman–Crippen MR) is 112 cm³/mol. The van der Waals surface area contributed by atoms with Crippen LogP contribution >= 0.6 is 11.8 Å². The number of nitrogens with one attached hydrogen (secondary N) is 1. The molecule has 2 aliphatic heterocycles. The zero-order valence-corrected chi connectivity index (χ0v) is 17.3. The minimum absolute atomic E-state index is 0.384. The molecule has 2 N–H and O–H groups in total. The number of ether oxygens (including phenoxy) is 1. The van der Waals surface area contributed by atoms with Crippen molar-refractivity contribution in [3.05, 3.63) is 66.2 Å². The SMILES string of the molecule is CC1(C)SC2C(NC(=O)C(Oc3ccccc3)c3ccccc3)C(=O)N2C1C(=O)O. The van der Waals surface area contributed by atoms with E-state index >= 15 is 0 Å². The molecule has 0 bridgehead atoms. The molecule has 0 spiro atoms. The average Bonchev–Trinajstić information content (AvgIpc) is 2.99. The molecule has 4 atom stereocenters. The lowest BCUT2D eigenvalue weighted by atomic mass is 9.96. The van der Waals surface area contributed by atoms with Crippen molar-refractivity contribution in [2.75, 3.05) is 0 Å². The van der Waals surface area contributed by atoms with E-state index in [1.807, 2.05) is 36.4 Å². The second-order valence-electron chi connectivity index (χ2n) is 7.81. The largest absolute Gasteiger partial charge is 0.480 e. The summed E-state index contributed by atoms with van der Waals surface area (Å²) in [6.45, 7) is 3.60. The van der Waals surface area contributed by atoms with Gasteiger partial charge in [-0.3, -0.25) is 9.59 Å². The Morgan fingerprint density at radius 3 is 2.30 bits per heavy atom. The van der Waals surface area contributed by atoms with Gasteiger partial charge in [0.2, 0.25) is 12.0 Å². The fourth-order valence-corrected chi connectivity index (χ4v) is 5.54. The smallest absolute Gasteiger partial charge is 0.327 e. The summed E-state index contributed by atoms with van der Waals surface area (Å²) >= 11 is 1.39. The fourth-order valence-electron chi connectivity index (χ4n) is 3.91. The van der Waals surface area contributed by atoms with Crippen LogP contribution in [0.2, 0.25) is 0 Å². The monoisotopic (exact) mass is 426 g/mol. The van der Waals surface area contributed by atoms with E-state index in [-0.39, 0.29) is 5.91 Å². The third-order valence-electron chi connectivity index (χ3n) is 5.31. The Morgan fingerprint density at radius 2 is 1.70 bits per heavy atom. The molecule has 0 saturated carbocycles. The number of thioether (sulfide) groups is 1. The van der Waals surface area contributed by atoms with Crippen molar-refractivity contribution in [3.63, 3.8) is 0 Å². The number of carboxylic acids is 1. The summed E-state index contributed by atoms with van der Waals surface area (Å²) in [4.78, 5) is 38.8. The van der Waals surface area contributed by atoms with Crippen LogP contribution in [-0.2, 0) is 14.4 Å². The van der Waals surface area contributed by atoms with Crippen LogP contribution in [0.1, 0.15) is 25.5 Å². The molecule has 2 aliphatic rings. The number of fused-ring (bicyclic) bond motifs is 1. The molecule has 4 unspecified atom stereocenters. The van der Waals surface area contributed by atoms with Crippen LogP contribution in [0, 0.1) is 0 Å². The van der Waals surface area contributed by atoms with E-state index in [1.54, 1.807) is 38.1 Å². The molecule has 2 heterocycles. The Hall–Kier alpha value is -3.00. The molecule has 30 heavy (non-hydrogen) atoms. The molecule has 2 saturated heterocycles. The topological polar surface area (TPSA) is 95.9 Å². The maximum Gasteiger partial charge on any atom is 0.327 e. The Bertz CT molecular complexity index is 966. The number of para-hydroxylation sites is 1. The van der Waals surface area contributed by atoms with Crippen LogP contribution in [0.15, 0.2) is 60.7 Å². The number of carboxylic acid groups (broad SMARTS) is 1. The van der Waals surface area contributed by atoms with E-state index in [2.05, 4.69) is 5.32 Å². The summed E-state index contributed by atoms with van der Waals surface area (Å²) < 4.78 is 5.29. The van der Waals surface area contributed by atoms with Gasteiger partial charge in [0.1, 0.15) is 23.2 Å². The normalized spacial score (nSPS) is 25.1. The molecule has 0 aromatic heterocycles. The Balaban J connectivity index is 1.54. The lowest BCUT2D eigenvalue weighted by molar-refractivity contribution is -0.161. The molecule has 2 aromatic rings. The molecule has 2 amide bonds. The van der Waals surface area contributed by atoms with Crippen LogP contribution in [0.25, 0.3) is 0 Å². The summed E-state index contributed by atoms with van der Waals surface area (Å²) in [5, 5.41) is 11.9. The highest BCUT2D eigenvalue weighted by molar-refractivity contribution is 8.01. The Kier molecular flexibility index (Phi) is 5.19. The van der Waals surface area contributed by atoms with Gasteiger partial charge in [-0.05, 0) is 26.0 Å². The van der Waals surface area contributed by atoms with Gasteiger partial charge in [0, 0.05) is 10.3 Å². The second kappa shape index (κ2) is 7.68. The summed E-state index contributed by atoms with van der Waals surface area (Å²) in [6, 6.07) is 16.3. The van der Waals surface area contributed by atoms with Gasteiger partial charge in [-0.25, -0.2) is 4.79 Å². The van der Waals surface area contributed by atoms with Gasteiger partial charge < -0.3 is 20.1 Å². The van der Waals surface area contributed by atoms with Crippen molar-refractivity contribution in [3.8, 4) is 5.75 Å². The zero-order chi connectivity index (χ0) is 21.5. The molecular weight excluding hydrogens is 404 g/mol. The highest BCUT2D eigenvalue weighted by Crippen LogP contribution is 2.50. The van der Waals surface area contributed by atoms with Crippen molar-refractivity contribution in [1.29, 1.82) is 0 Å². The summed E-state index contributed by atoms with van der Waals surface area (Å²) in [5.41, 5.74) is 0.658. The van der Waals surface area contributed by atoms with E-state index in [9.17, 15) is 19.5 Å². The first kappa shape index (κ1) is 20.3. The summed E-state index contributed by atoms with van der Waals surface area (Å²) in [5.74, 6) is -1.33. The van der Waals surface area contributed by atoms with E-state index in [0.29, 0.717) is 11.3 Å². The van der Waals surface area contributed by atoms with Crippen LogP contribution in [0.5, 0.6) is 5.75 Å². The zero-order valence-electron chi connectivity index (χ0n) is 16.5. The first-order chi connectivity index (χ1) is 14.3. The molecule has 0 aliphatic carbocycles. The van der Waals surface area contributed by atoms with Crippen molar-refractivity contribution in [1.82, 2.24) is 10.2 Å². The first-order valence-electron chi connectivity index (χ1n) is 9.59. The maximum absolute atomic E-state index is 13.1. The molecule has 8 heteroatoms. The molecule has 156 valence electrons. The number of carbonyl (C=O) groups is 3. The number of aliphatic carboxylic acids is 1. The van der Waals surface area contributed by atoms with Crippen molar-refractivity contribution in [2.45, 2.75) is 42.2 Å². The third-order valence-corrected chi connectivity index (χ3v) is 6.88. The molecule has 7 nitrogen and oxygen atoms in total. The lowest BCUT2D eigenvalue weighted by Crippen LogP contribution is -2.71. The van der Waals surface area contributed by atoms with E-state index in [1.165, 1.54) is 16.7 Å². The first-order valence-corrected chi connectivity index (χ1v) is 10.5. The standard InChI is InChI=1S/C22H22N2O5S/c1-22(2)17(21(27)28)24-19(26)15(20(24)30-22)23-18(25)16(13-9-5-3-6-10-13)29-14-11-7-4-8-12-14/h3-12,15-17,20H,1-2H3,(H,23,25)(H,27,28). The fraction of sp³-hybridized carbons (Fsp3) is 0.318. The summed E-state index contributed by atoms with van der Waals surface area (Å²) in [6.07, 6.45) is -0.940. The highest BCUT2D eigenvalue weighted by atomic mass is 32.2.